The normalized spacial score (nSPS) is 23.9. The van der Waals surface area contributed by atoms with E-state index in [0.717, 1.165) is 12.1 Å². The quantitative estimate of drug-likeness (QED) is 0.807. The molecular weight excluding hydrogens is 265 g/mol. The van der Waals surface area contributed by atoms with E-state index in [-0.39, 0.29) is 11.6 Å². The highest BCUT2D eigenvalue weighted by atomic mass is 31.2. The maximum absolute atomic E-state index is 12.9. The van der Waals surface area contributed by atoms with Gasteiger partial charge in [-0.05, 0) is 19.4 Å². The van der Waals surface area contributed by atoms with Crippen LogP contribution >= 0.6 is 7.60 Å². The van der Waals surface area contributed by atoms with Crippen LogP contribution in [0.25, 0.3) is 0 Å². The van der Waals surface area contributed by atoms with Crippen LogP contribution in [0.2, 0.25) is 0 Å². The molecule has 1 aromatic rings. The van der Waals surface area contributed by atoms with Crippen LogP contribution in [0, 0.1) is 0 Å². The molecule has 2 atom stereocenters. The van der Waals surface area contributed by atoms with E-state index in [0.29, 0.717) is 19.8 Å². The van der Waals surface area contributed by atoms with Crippen molar-refractivity contribution < 1.29 is 13.6 Å². The number of rotatable bonds is 6. The lowest BCUT2D eigenvalue weighted by Gasteiger charge is -2.26. The van der Waals surface area contributed by atoms with Crippen LogP contribution < -0.4 is 5.32 Å². The Morgan fingerprint density at radius 1 is 1.42 bits per heavy atom. The molecule has 2 heterocycles. The zero-order valence-corrected chi connectivity index (χ0v) is 12.6. The first kappa shape index (κ1) is 14.7. The van der Waals surface area contributed by atoms with E-state index in [1.165, 1.54) is 0 Å². The number of hydrogen-bond acceptors (Lipinski definition) is 5. The molecule has 0 radical (unpaired) electrons. The van der Waals surface area contributed by atoms with E-state index in [1.54, 1.807) is 4.68 Å². The highest BCUT2D eigenvalue weighted by Crippen LogP contribution is 2.58. The third-order valence-electron chi connectivity index (χ3n) is 3.36. The Balaban J connectivity index is 2.23. The van der Waals surface area contributed by atoms with Crippen LogP contribution in [0.15, 0.2) is 12.4 Å². The Bertz CT molecular complexity index is 453. The summed E-state index contributed by atoms with van der Waals surface area (Å²) in [6.45, 7) is 5.90. The summed E-state index contributed by atoms with van der Waals surface area (Å²) in [5, 5.41) is 7.47. The lowest BCUT2D eigenvalue weighted by molar-refractivity contribution is 0.211. The smallest absolute Gasteiger partial charge is 0.315 e. The molecule has 1 saturated heterocycles. The second-order valence-corrected chi connectivity index (χ2v) is 6.91. The van der Waals surface area contributed by atoms with E-state index >= 15 is 0 Å². The third kappa shape index (κ3) is 3.08. The highest BCUT2D eigenvalue weighted by molar-refractivity contribution is 7.54. The highest BCUT2D eigenvalue weighted by Gasteiger charge is 2.44. The van der Waals surface area contributed by atoms with Gasteiger partial charge in [0, 0.05) is 32.3 Å². The van der Waals surface area contributed by atoms with Crippen molar-refractivity contribution in [2.45, 2.75) is 25.4 Å². The summed E-state index contributed by atoms with van der Waals surface area (Å²) in [6, 6.07) is 0. The summed E-state index contributed by atoms with van der Waals surface area (Å²) < 4.78 is 25.6. The first-order valence-electron chi connectivity index (χ1n) is 6.68. The van der Waals surface area contributed by atoms with Gasteiger partial charge in [0.15, 0.2) is 0 Å². The lowest BCUT2D eigenvalue weighted by Crippen LogP contribution is -2.21. The molecular formula is C12H22N3O3P. The molecule has 0 spiro atoms. The van der Waals surface area contributed by atoms with Crippen LogP contribution in [0.5, 0.6) is 0 Å². The van der Waals surface area contributed by atoms with E-state index in [2.05, 4.69) is 10.4 Å². The standard InChI is InChI=1S/C12H22N3O3P/c1-4-17-19(16,18-5-2)12-8-13-7-11(12)10-6-14-15(3)9-10/h6,9,11-13H,4-5,7-8H2,1-3H3. The van der Waals surface area contributed by atoms with Gasteiger partial charge in [0.05, 0.1) is 25.1 Å². The summed E-state index contributed by atoms with van der Waals surface area (Å²) in [5.41, 5.74) is 0.939. The molecule has 19 heavy (non-hydrogen) atoms. The number of aromatic nitrogens is 2. The van der Waals surface area contributed by atoms with Gasteiger partial charge in [-0.3, -0.25) is 9.25 Å². The van der Waals surface area contributed by atoms with E-state index < -0.39 is 7.60 Å². The second kappa shape index (κ2) is 6.18. The molecule has 108 valence electrons. The van der Waals surface area contributed by atoms with Crippen LogP contribution in [0.1, 0.15) is 25.3 Å². The summed E-state index contributed by atoms with van der Waals surface area (Å²) >= 11 is 0. The van der Waals surface area contributed by atoms with Gasteiger partial charge in [-0.1, -0.05) is 0 Å². The average Bonchev–Trinajstić information content (AvgIpc) is 2.97. The van der Waals surface area contributed by atoms with E-state index in [9.17, 15) is 4.57 Å². The minimum absolute atomic E-state index is 0.123. The molecule has 1 aromatic heterocycles. The van der Waals surface area contributed by atoms with Gasteiger partial charge < -0.3 is 14.4 Å². The maximum atomic E-state index is 12.9. The SMILES string of the molecule is CCOP(=O)(OCC)C1CNCC1c1cnn(C)c1. The molecule has 2 rings (SSSR count). The molecule has 0 aromatic carbocycles. The number of nitrogens with zero attached hydrogens (tertiary/aromatic N) is 2. The van der Waals surface area contributed by atoms with Crippen LogP contribution in [0.3, 0.4) is 0 Å². The molecule has 0 bridgehead atoms. The predicted molar refractivity (Wildman–Crippen MR) is 73.5 cm³/mol. The Labute approximate surface area is 114 Å². The largest absolute Gasteiger partial charge is 0.335 e. The molecule has 7 heteroatoms. The van der Waals surface area contributed by atoms with E-state index in [1.807, 2.05) is 33.3 Å². The van der Waals surface area contributed by atoms with Crippen molar-refractivity contribution in [3.63, 3.8) is 0 Å². The fraction of sp³-hybridized carbons (Fsp3) is 0.750. The van der Waals surface area contributed by atoms with Crippen LogP contribution in [-0.4, -0.2) is 41.7 Å². The molecule has 1 N–H and O–H groups in total. The second-order valence-electron chi connectivity index (χ2n) is 4.65. The fourth-order valence-electron chi connectivity index (χ4n) is 2.56. The first-order chi connectivity index (χ1) is 9.10. The Kier molecular flexibility index (Phi) is 4.79. The number of hydrogen-bond donors (Lipinski definition) is 1. The minimum atomic E-state index is -3.08. The number of aryl methyl sites for hydroxylation is 1. The molecule has 0 aliphatic carbocycles. The van der Waals surface area contributed by atoms with Crippen molar-refractivity contribution in [3.8, 4) is 0 Å². The monoisotopic (exact) mass is 287 g/mol. The van der Waals surface area contributed by atoms with Gasteiger partial charge >= 0.3 is 7.60 Å². The Hall–Kier alpha value is -0.680. The van der Waals surface area contributed by atoms with Gasteiger partial charge in [-0.2, -0.15) is 5.10 Å². The first-order valence-corrected chi connectivity index (χ1v) is 8.30. The summed E-state index contributed by atoms with van der Waals surface area (Å²) in [5.74, 6) is 0.123. The van der Waals surface area contributed by atoms with Gasteiger partial charge in [0.25, 0.3) is 0 Å². The van der Waals surface area contributed by atoms with Crippen molar-refractivity contribution in [2.75, 3.05) is 26.3 Å². The average molecular weight is 287 g/mol. The molecule has 0 amide bonds. The molecule has 1 fully saturated rings. The van der Waals surface area contributed by atoms with Crippen molar-refractivity contribution in [1.82, 2.24) is 15.1 Å². The summed E-state index contributed by atoms with van der Waals surface area (Å²) in [7, 11) is -1.20. The predicted octanol–water partition coefficient (Wildman–Crippen LogP) is 1.74. The minimum Gasteiger partial charge on any atom is -0.315 e. The lowest BCUT2D eigenvalue weighted by atomic mass is 10.0. The van der Waals surface area contributed by atoms with Crippen molar-refractivity contribution >= 4 is 7.60 Å². The number of nitrogens with one attached hydrogen (secondary N) is 1. The zero-order valence-electron chi connectivity index (χ0n) is 11.7. The van der Waals surface area contributed by atoms with Gasteiger partial charge in [0.2, 0.25) is 0 Å². The van der Waals surface area contributed by atoms with Crippen molar-refractivity contribution in [3.05, 3.63) is 18.0 Å². The van der Waals surface area contributed by atoms with Crippen molar-refractivity contribution in [1.29, 1.82) is 0 Å². The molecule has 1 aliphatic heterocycles. The van der Waals surface area contributed by atoms with Gasteiger partial charge in [0.1, 0.15) is 0 Å². The van der Waals surface area contributed by atoms with Crippen molar-refractivity contribution in [2.24, 2.45) is 7.05 Å². The molecule has 0 saturated carbocycles. The fourth-order valence-corrected chi connectivity index (χ4v) is 4.81. The molecule has 1 aliphatic rings. The topological polar surface area (TPSA) is 65.4 Å². The summed E-state index contributed by atoms with van der Waals surface area (Å²) in [6.07, 6.45) is 3.79. The van der Waals surface area contributed by atoms with Gasteiger partial charge in [-0.25, -0.2) is 0 Å². The molecule has 2 unspecified atom stereocenters. The Morgan fingerprint density at radius 2 is 2.11 bits per heavy atom. The summed E-state index contributed by atoms with van der Waals surface area (Å²) in [4.78, 5) is 0. The van der Waals surface area contributed by atoms with Crippen LogP contribution in [-0.2, 0) is 20.7 Å². The maximum Gasteiger partial charge on any atom is 0.335 e. The third-order valence-corrected chi connectivity index (χ3v) is 5.95. The van der Waals surface area contributed by atoms with E-state index in [4.69, 9.17) is 9.05 Å². The Morgan fingerprint density at radius 3 is 2.63 bits per heavy atom. The van der Waals surface area contributed by atoms with Crippen LogP contribution in [0.4, 0.5) is 0 Å². The zero-order chi connectivity index (χ0) is 13.9. The molecule has 6 nitrogen and oxygen atoms in total. The van der Waals surface area contributed by atoms with Gasteiger partial charge in [-0.15, -0.1) is 0 Å².